The van der Waals surface area contributed by atoms with Crippen molar-refractivity contribution >= 4 is 11.8 Å². The number of likely N-dealkylation sites (tertiary alicyclic amines) is 2. The maximum absolute atomic E-state index is 12.8. The summed E-state index contributed by atoms with van der Waals surface area (Å²) >= 11 is 0. The van der Waals surface area contributed by atoms with Gasteiger partial charge in [0, 0.05) is 19.5 Å². The molecule has 1 aromatic rings. The van der Waals surface area contributed by atoms with E-state index in [1.165, 1.54) is 12.8 Å². The van der Waals surface area contributed by atoms with Crippen molar-refractivity contribution in [2.75, 3.05) is 13.1 Å². The highest BCUT2D eigenvalue weighted by molar-refractivity contribution is 5.90. The third-order valence-corrected chi connectivity index (χ3v) is 4.65. The minimum absolute atomic E-state index is 0.0576. The molecule has 0 unspecified atom stereocenters. The van der Waals surface area contributed by atoms with Gasteiger partial charge in [-0.15, -0.1) is 0 Å². The number of hydrogen-bond acceptors (Lipinski definition) is 3. The predicted octanol–water partition coefficient (Wildman–Crippen LogP) is 2.48. The highest BCUT2D eigenvalue weighted by Gasteiger charge is 2.38. The molecule has 120 valence electrons. The zero-order valence-corrected chi connectivity index (χ0v) is 13.2. The number of hydrogen-bond donors (Lipinski definition) is 0. The minimum Gasteiger partial charge on any atom is -0.464 e. The molecule has 2 fully saturated rings. The van der Waals surface area contributed by atoms with Crippen LogP contribution in [0.5, 0.6) is 0 Å². The zero-order valence-electron chi connectivity index (χ0n) is 13.2. The molecule has 2 aliphatic heterocycles. The predicted molar refractivity (Wildman–Crippen MR) is 82.1 cm³/mol. The van der Waals surface area contributed by atoms with Crippen molar-refractivity contribution in [2.24, 2.45) is 0 Å². The van der Waals surface area contributed by atoms with Crippen molar-refractivity contribution < 1.29 is 14.0 Å². The van der Waals surface area contributed by atoms with Gasteiger partial charge in [-0.25, -0.2) is 0 Å². The molecule has 22 heavy (non-hydrogen) atoms. The van der Waals surface area contributed by atoms with Crippen LogP contribution >= 0.6 is 0 Å². The van der Waals surface area contributed by atoms with Gasteiger partial charge in [-0.2, -0.15) is 0 Å². The fraction of sp³-hybridized carbons (Fsp3) is 0.647. The largest absolute Gasteiger partial charge is 0.464 e. The normalized spacial score (nSPS) is 23.0. The van der Waals surface area contributed by atoms with E-state index in [4.69, 9.17) is 4.42 Å². The Morgan fingerprint density at radius 2 is 1.95 bits per heavy atom. The topological polar surface area (TPSA) is 53.8 Å². The molecule has 0 N–H and O–H groups in total. The molecular weight excluding hydrogens is 280 g/mol. The molecular formula is C17H24N2O3. The minimum atomic E-state index is -0.309. The number of carbonyl (C=O) groups is 2. The number of nitrogens with zero attached hydrogens (tertiary/aromatic N) is 2. The van der Waals surface area contributed by atoms with Crippen LogP contribution in [-0.4, -0.2) is 40.7 Å². The average molecular weight is 304 g/mol. The second-order valence-electron chi connectivity index (χ2n) is 6.33. The number of furan rings is 1. The Kier molecular flexibility index (Phi) is 4.50. The summed E-state index contributed by atoms with van der Waals surface area (Å²) in [5, 5.41) is 0. The molecule has 2 amide bonds. The van der Waals surface area contributed by atoms with E-state index in [1.54, 1.807) is 4.90 Å². The third-order valence-electron chi connectivity index (χ3n) is 4.65. The highest BCUT2D eigenvalue weighted by Crippen LogP contribution is 2.25. The summed E-state index contributed by atoms with van der Waals surface area (Å²) in [6, 6.07) is 3.46. The number of amides is 2. The molecule has 0 spiro atoms. The maximum Gasteiger partial charge on any atom is 0.245 e. The molecule has 2 saturated heterocycles. The van der Waals surface area contributed by atoms with Gasteiger partial charge < -0.3 is 14.2 Å². The summed E-state index contributed by atoms with van der Waals surface area (Å²) in [7, 11) is 0. The van der Waals surface area contributed by atoms with E-state index >= 15 is 0 Å². The Morgan fingerprint density at radius 1 is 1.23 bits per heavy atom. The van der Waals surface area contributed by atoms with Gasteiger partial charge >= 0.3 is 0 Å². The van der Waals surface area contributed by atoms with Gasteiger partial charge in [0.1, 0.15) is 17.6 Å². The first-order valence-electron chi connectivity index (χ1n) is 8.29. The molecule has 0 bridgehead atoms. The summed E-state index contributed by atoms with van der Waals surface area (Å²) in [4.78, 5) is 28.6. The molecule has 1 atom stereocenters. The van der Waals surface area contributed by atoms with Crippen LogP contribution < -0.4 is 0 Å². The second-order valence-corrected chi connectivity index (χ2v) is 6.33. The number of aryl methyl sites for hydroxylation is 1. The fourth-order valence-corrected chi connectivity index (χ4v) is 3.43. The molecule has 1 aromatic heterocycles. The van der Waals surface area contributed by atoms with Crippen LogP contribution in [0.2, 0.25) is 0 Å². The fourth-order valence-electron chi connectivity index (χ4n) is 3.43. The van der Waals surface area contributed by atoms with Gasteiger partial charge in [0.2, 0.25) is 11.8 Å². The Labute approximate surface area is 131 Å². The van der Waals surface area contributed by atoms with Gasteiger partial charge in [0.25, 0.3) is 0 Å². The summed E-state index contributed by atoms with van der Waals surface area (Å²) in [6.45, 7) is 3.94. The van der Waals surface area contributed by atoms with E-state index < -0.39 is 0 Å². The van der Waals surface area contributed by atoms with Crippen LogP contribution in [-0.2, 0) is 16.1 Å². The first-order chi connectivity index (χ1) is 10.6. The monoisotopic (exact) mass is 304 g/mol. The SMILES string of the molecule is Cc1ccc(CN2C(=O)CC[C@H]2C(=O)N2CCCCCC2)o1. The van der Waals surface area contributed by atoms with Crippen LogP contribution in [0.25, 0.3) is 0 Å². The Balaban J connectivity index is 1.70. The first-order valence-corrected chi connectivity index (χ1v) is 8.29. The van der Waals surface area contributed by atoms with Crippen LogP contribution in [0.1, 0.15) is 50.0 Å². The lowest BCUT2D eigenvalue weighted by Gasteiger charge is -2.29. The molecule has 0 saturated carbocycles. The van der Waals surface area contributed by atoms with E-state index in [0.29, 0.717) is 19.4 Å². The molecule has 5 nitrogen and oxygen atoms in total. The zero-order chi connectivity index (χ0) is 15.5. The van der Waals surface area contributed by atoms with Crippen molar-refractivity contribution in [2.45, 2.75) is 58.0 Å². The van der Waals surface area contributed by atoms with Gasteiger partial charge in [-0.05, 0) is 38.3 Å². The molecule has 3 rings (SSSR count). The number of carbonyl (C=O) groups excluding carboxylic acids is 2. The van der Waals surface area contributed by atoms with Crippen LogP contribution in [0.4, 0.5) is 0 Å². The van der Waals surface area contributed by atoms with E-state index in [9.17, 15) is 9.59 Å². The van der Waals surface area contributed by atoms with Crippen molar-refractivity contribution in [3.63, 3.8) is 0 Å². The number of rotatable bonds is 3. The lowest BCUT2D eigenvalue weighted by molar-refractivity contribution is -0.142. The molecule has 2 aliphatic rings. The Bertz CT molecular complexity index is 544. The molecule has 5 heteroatoms. The molecule has 3 heterocycles. The quantitative estimate of drug-likeness (QED) is 0.862. The third kappa shape index (κ3) is 3.18. The smallest absolute Gasteiger partial charge is 0.245 e. The van der Waals surface area contributed by atoms with Gasteiger partial charge in [-0.3, -0.25) is 9.59 Å². The lowest BCUT2D eigenvalue weighted by Crippen LogP contribution is -2.46. The van der Waals surface area contributed by atoms with Crippen LogP contribution in [0.3, 0.4) is 0 Å². The lowest BCUT2D eigenvalue weighted by atomic mass is 10.2. The van der Waals surface area contributed by atoms with Crippen molar-refractivity contribution in [1.82, 2.24) is 9.80 Å². The maximum atomic E-state index is 12.8. The summed E-state index contributed by atoms with van der Waals surface area (Å²) < 4.78 is 5.57. The van der Waals surface area contributed by atoms with Gasteiger partial charge in [0.05, 0.1) is 6.54 Å². The van der Waals surface area contributed by atoms with Crippen molar-refractivity contribution in [3.8, 4) is 0 Å². The first kappa shape index (κ1) is 15.1. The van der Waals surface area contributed by atoms with E-state index in [1.807, 2.05) is 24.0 Å². The Hall–Kier alpha value is -1.78. The molecule has 0 aromatic carbocycles. The summed E-state index contributed by atoms with van der Waals surface area (Å²) in [5.74, 6) is 1.76. The highest BCUT2D eigenvalue weighted by atomic mass is 16.3. The van der Waals surface area contributed by atoms with Gasteiger partial charge in [0.15, 0.2) is 0 Å². The average Bonchev–Trinajstić information content (AvgIpc) is 2.96. The molecule has 0 aliphatic carbocycles. The van der Waals surface area contributed by atoms with Crippen molar-refractivity contribution in [1.29, 1.82) is 0 Å². The summed E-state index contributed by atoms with van der Waals surface area (Å²) in [5.41, 5.74) is 0. The van der Waals surface area contributed by atoms with Crippen LogP contribution in [0.15, 0.2) is 16.5 Å². The van der Waals surface area contributed by atoms with E-state index in [2.05, 4.69) is 0 Å². The second kappa shape index (κ2) is 6.55. The standard InChI is InChI=1S/C17H24N2O3/c1-13-6-7-14(22-13)12-19-15(8-9-16(19)20)17(21)18-10-4-2-3-5-11-18/h6-7,15H,2-5,8-12H2,1H3/t15-/m0/s1. The molecule has 0 radical (unpaired) electrons. The van der Waals surface area contributed by atoms with E-state index in [0.717, 1.165) is 37.5 Å². The summed E-state index contributed by atoms with van der Waals surface area (Å²) in [6.07, 6.45) is 5.64. The van der Waals surface area contributed by atoms with Crippen molar-refractivity contribution in [3.05, 3.63) is 23.7 Å². The van der Waals surface area contributed by atoms with E-state index in [-0.39, 0.29) is 17.9 Å². The van der Waals surface area contributed by atoms with Crippen LogP contribution in [0, 0.1) is 6.92 Å². The Morgan fingerprint density at radius 3 is 2.59 bits per heavy atom. The van der Waals surface area contributed by atoms with Gasteiger partial charge in [-0.1, -0.05) is 12.8 Å².